The second kappa shape index (κ2) is 9.08. The van der Waals surface area contributed by atoms with Crippen molar-refractivity contribution in [3.05, 3.63) is 0 Å². The number of hydrogen-bond acceptors (Lipinski definition) is 6. The van der Waals surface area contributed by atoms with Gasteiger partial charge in [0.15, 0.2) is 0 Å². The van der Waals surface area contributed by atoms with Crippen LogP contribution in [0.5, 0.6) is 0 Å². The lowest BCUT2D eigenvalue weighted by molar-refractivity contribution is 1.02. The van der Waals surface area contributed by atoms with Crippen LogP contribution in [0.15, 0.2) is 0 Å². The topological polar surface area (TPSA) is 0 Å². The highest BCUT2D eigenvalue weighted by Crippen LogP contribution is 2.40. The molecular formula is C10H20S6. The van der Waals surface area contributed by atoms with Crippen molar-refractivity contribution in [1.82, 2.24) is 0 Å². The predicted molar refractivity (Wildman–Crippen MR) is 94.3 cm³/mol. The standard InChI is InChI=1S/C10H20S6/c1-3-13-9(11)7-5-16-8(6-15-7)10(12)14-4-2/h7-12H,3-6H2,1-2H3. The Kier molecular flexibility index (Phi) is 9.16. The largest absolute Gasteiger partial charge is 0.164 e. The summed E-state index contributed by atoms with van der Waals surface area (Å²) >= 11 is 17.5. The van der Waals surface area contributed by atoms with Crippen LogP contribution in [-0.4, -0.2) is 42.7 Å². The zero-order valence-electron chi connectivity index (χ0n) is 9.67. The first kappa shape index (κ1) is 16.2. The third-order valence-corrected chi connectivity index (χ3v) is 9.89. The van der Waals surface area contributed by atoms with Crippen molar-refractivity contribution in [3.8, 4) is 0 Å². The Bertz CT molecular complexity index is 160. The van der Waals surface area contributed by atoms with Crippen molar-refractivity contribution in [3.63, 3.8) is 0 Å². The Labute approximate surface area is 128 Å². The van der Waals surface area contributed by atoms with Crippen LogP contribution < -0.4 is 0 Å². The van der Waals surface area contributed by atoms with Crippen LogP contribution in [0.3, 0.4) is 0 Å². The Hall–Kier alpha value is 2.10. The summed E-state index contributed by atoms with van der Waals surface area (Å²) in [6.45, 7) is 4.41. The molecule has 1 fully saturated rings. The van der Waals surface area contributed by atoms with E-state index in [0.717, 1.165) is 0 Å². The van der Waals surface area contributed by atoms with Crippen LogP contribution in [0.1, 0.15) is 13.8 Å². The molecule has 6 heteroatoms. The lowest BCUT2D eigenvalue weighted by Gasteiger charge is -2.32. The maximum absolute atomic E-state index is 4.68. The summed E-state index contributed by atoms with van der Waals surface area (Å²) in [4.78, 5) is 0. The van der Waals surface area contributed by atoms with E-state index < -0.39 is 0 Å². The van der Waals surface area contributed by atoms with E-state index in [4.69, 9.17) is 0 Å². The van der Waals surface area contributed by atoms with Crippen LogP contribution in [0, 0.1) is 0 Å². The molecule has 0 radical (unpaired) electrons. The average molecular weight is 333 g/mol. The zero-order valence-corrected chi connectivity index (χ0v) is 14.7. The van der Waals surface area contributed by atoms with Gasteiger partial charge < -0.3 is 0 Å². The van der Waals surface area contributed by atoms with Crippen LogP contribution in [0.25, 0.3) is 0 Å². The van der Waals surface area contributed by atoms with E-state index in [1.54, 1.807) is 0 Å². The maximum Gasteiger partial charge on any atom is 0.0598 e. The van der Waals surface area contributed by atoms with Crippen molar-refractivity contribution in [2.75, 3.05) is 23.0 Å². The van der Waals surface area contributed by atoms with Gasteiger partial charge in [-0.2, -0.15) is 48.8 Å². The third kappa shape index (κ3) is 5.39. The van der Waals surface area contributed by atoms with Gasteiger partial charge in [-0.25, -0.2) is 0 Å². The summed E-state index contributed by atoms with van der Waals surface area (Å²) < 4.78 is 1.00. The molecule has 1 aliphatic rings. The monoisotopic (exact) mass is 332 g/mol. The minimum atomic E-state index is 0.501. The Balaban J connectivity index is 2.27. The molecule has 1 saturated heterocycles. The molecule has 0 amide bonds. The minimum absolute atomic E-state index is 0.501. The molecule has 1 rings (SSSR count). The van der Waals surface area contributed by atoms with Gasteiger partial charge in [-0.1, -0.05) is 13.8 Å². The van der Waals surface area contributed by atoms with Gasteiger partial charge in [0, 0.05) is 22.0 Å². The van der Waals surface area contributed by atoms with E-state index in [1.807, 2.05) is 23.5 Å². The molecule has 0 aromatic carbocycles. The van der Waals surface area contributed by atoms with Gasteiger partial charge >= 0.3 is 0 Å². The van der Waals surface area contributed by atoms with Gasteiger partial charge in [0.1, 0.15) is 0 Å². The SMILES string of the molecule is CCSC(S)C1CSC(C(S)SCC)CS1. The summed E-state index contributed by atoms with van der Waals surface area (Å²) in [6, 6.07) is 0. The third-order valence-electron chi connectivity index (χ3n) is 2.26. The first-order valence-corrected chi connectivity index (χ1v) is 10.7. The first-order valence-electron chi connectivity index (χ1n) is 5.51. The highest BCUT2D eigenvalue weighted by atomic mass is 32.2. The molecule has 4 unspecified atom stereocenters. The fraction of sp³-hybridized carbons (Fsp3) is 1.00. The summed E-state index contributed by atoms with van der Waals surface area (Å²) in [5.41, 5.74) is 0. The minimum Gasteiger partial charge on any atom is -0.164 e. The highest BCUT2D eigenvalue weighted by Gasteiger charge is 2.29. The lowest BCUT2D eigenvalue weighted by atomic mass is 10.5. The van der Waals surface area contributed by atoms with E-state index in [9.17, 15) is 0 Å². The molecule has 96 valence electrons. The molecule has 0 aromatic heterocycles. The lowest BCUT2D eigenvalue weighted by Crippen LogP contribution is -2.30. The number of thioether (sulfide) groups is 4. The molecule has 4 atom stereocenters. The van der Waals surface area contributed by atoms with Crippen LogP contribution in [0.2, 0.25) is 0 Å². The molecule has 0 saturated carbocycles. The van der Waals surface area contributed by atoms with Gasteiger partial charge in [-0.3, -0.25) is 0 Å². The van der Waals surface area contributed by atoms with Gasteiger partial charge in [0.2, 0.25) is 0 Å². The molecular weight excluding hydrogens is 313 g/mol. The van der Waals surface area contributed by atoms with E-state index in [-0.39, 0.29) is 0 Å². The fourth-order valence-corrected chi connectivity index (χ4v) is 8.65. The zero-order chi connectivity index (χ0) is 12.0. The molecule has 0 spiro atoms. The van der Waals surface area contributed by atoms with Gasteiger partial charge in [0.05, 0.1) is 9.16 Å². The summed E-state index contributed by atoms with van der Waals surface area (Å²) in [5, 5.41) is 1.42. The van der Waals surface area contributed by atoms with Gasteiger partial charge in [-0.05, 0) is 11.5 Å². The summed E-state index contributed by atoms with van der Waals surface area (Å²) in [7, 11) is 0. The van der Waals surface area contributed by atoms with E-state index in [2.05, 4.69) is 62.6 Å². The van der Waals surface area contributed by atoms with Gasteiger partial charge in [0.25, 0.3) is 0 Å². The first-order chi connectivity index (χ1) is 7.69. The molecule has 0 aliphatic carbocycles. The van der Waals surface area contributed by atoms with Crippen molar-refractivity contribution in [1.29, 1.82) is 0 Å². The highest BCUT2D eigenvalue weighted by molar-refractivity contribution is 8.15. The number of thiol groups is 2. The number of hydrogen-bond donors (Lipinski definition) is 2. The molecule has 0 aromatic rings. The van der Waals surface area contributed by atoms with Crippen LogP contribution >= 0.6 is 72.3 Å². The smallest absolute Gasteiger partial charge is 0.0598 e. The maximum atomic E-state index is 4.68. The molecule has 0 N–H and O–H groups in total. The molecule has 0 bridgehead atoms. The van der Waals surface area contributed by atoms with E-state index in [1.165, 1.54) is 23.0 Å². The van der Waals surface area contributed by atoms with Crippen molar-refractivity contribution in [2.24, 2.45) is 0 Å². The van der Waals surface area contributed by atoms with Crippen molar-refractivity contribution < 1.29 is 0 Å². The normalized spacial score (nSPS) is 30.0. The molecule has 16 heavy (non-hydrogen) atoms. The quantitative estimate of drug-likeness (QED) is 0.552. The van der Waals surface area contributed by atoms with Crippen LogP contribution in [-0.2, 0) is 0 Å². The Morgan fingerprint density at radius 3 is 1.62 bits per heavy atom. The van der Waals surface area contributed by atoms with Crippen molar-refractivity contribution in [2.45, 2.75) is 33.5 Å². The number of rotatable bonds is 6. The molecule has 1 aliphatic heterocycles. The summed E-state index contributed by atoms with van der Waals surface area (Å²) in [5.74, 6) is 4.80. The second-order valence-corrected chi connectivity index (χ2v) is 10.6. The van der Waals surface area contributed by atoms with E-state index in [0.29, 0.717) is 19.7 Å². The Morgan fingerprint density at radius 2 is 1.38 bits per heavy atom. The predicted octanol–water partition coefficient (Wildman–Crippen LogP) is 4.22. The van der Waals surface area contributed by atoms with Gasteiger partial charge in [-0.15, -0.1) is 23.5 Å². The van der Waals surface area contributed by atoms with Crippen molar-refractivity contribution >= 4 is 72.3 Å². The summed E-state index contributed by atoms with van der Waals surface area (Å²) in [6.07, 6.45) is 0. The molecule has 0 nitrogen and oxygen atoms in total. The van der Waals surface area contributed by atoms with Crippen LogP contribution in [0.4, 0.5) is 0 Å². The van der Waals surface area contributed by atoms with E-state index >= 15 is 0 Å². The average Bonchev–Trinajstić information content (AvgIpc) is 2.30. The second-order valence-electron chi connectivity index (χ2n) is 3.44. The molecule has 1 heterocycles. The fourth-order valence-electron chi connectivity index (χ4n) is 1.42. The Morgan fingerprint density at radius 1 is 1.00 bits per heavy atom.